The molecule has 16 heavy (non-hydrogen) atoms. The van der Waals surface area contributed by atoms with E-state index in [-0.39, 0.29) is 16.6 Å². The molecule has 0 amide bonds. The molecule has 0 aliphatic rings. The van der Waals surface area contributed by atoms with E-state index in [1.54, 1.807) is 0 Å². The molecule has 0 unspecified atom stereocenters. The first kappa shape index (κ1) is 14.0. The molecule has 1 aromatic heterocycles. The lowest BCUT2D eigenvalue weighted by Gasteiger charge is -2.22. The quantitative estimate of drug-likeness (QED) is 0.832. The summed E-state index contributed by atoms with van der Waals surface area (Å²) in [5.74, 6) is 0.0329. The molecule has 1 heterocycles. The van der Waals surface area contributed by atoms with Gasteiger partial charge in [-0.25, -0.2) is 4.39 Å². The maximum absolute atomic E-state index is 12.8. The lowest BCUT2D eigenvalue weighted by molar-refractivity contribution is 0.603. The highest BCUT2D eigenvalue weighted by atomic mass is 36.0. The number of hydrogen-bond donors (Lipinski definition) is 1. The second-order valence-corrected chi connectivity index (χ2v) is 9.30. The van der Waals surface area contributed by atoms with Gasteiger partial charge in [-0.05, 0) is 35.7 Å². The number of halogens is 4. The molecule has 0 aliphatic carbocycles. The minimum atomic E-state index is -2.66. The summed E-state index contributed by atoms with van der Waals surface area (Å²) in [7, 11) is 9.22. The standard InChI is InChI=1S/C9H10Cl3FN2S/c1-5(2)7-8(16(11,12)4-13)6(3-14)9(10)15-7/h5,15H,4H2,1-2H3. The molecule has 0 atom stereocenters. The first-order valence-electron chi connectivity index (χ1n) is 4.42. The second-order valence-electron chi connectivity index (χ2n) is 3.51. The number of nitrogens with one attached hydrogen (secondary N) is 1. The van der Waals surface area contributed by atoms with E-state index in [9.17, 15) is 4.39 Å². The Morgan fingerprint density at radius 2 is 2.06 bits per heavy atom. The van der Waals surface area contributed by atoms with Gasteiger partial charge in [-0.15, -0.1) is 0 Å². The molecule has 90 valence electrons. The van der Waals surface area contributed by atoms with E-state index in [1.165, 1.54) is 0 Å². The van der Waals surface area contributed by atoms with E-state index >= 15 is 0 Å². The monoisotopic (exact) mass is 302 g/mol. The van der Waals surface area contributed by atoms with Crippen LogP contribution >= 0.6 is 41.4 Å². The number of aromatic amines is 1. The van der Waals surface area contributed by atoms with Gasteiger partial charge in [0.15, 0.2) is 0 Å². The molecular formula is C9H10Cl3FN2S. The van der Waals surface area contributed by atoms with Crippen LogP contribution in [0.15, 0.2) is 4.90 Å². The molecule has 0 saturated heterocycles. The maximum atomic E-state index is 12.8. The van der Waals surface area contributed by atoms with E-state index in [1.807, 2.05) is 19.9 Å². The summed E-state index contributed by atoms with van der Waals surface area (Å²) in [6, 6.07) is 0.998. The van der Waals surface area contributed by atoms with Crippen LogP contribution in [0.5, 0.6) is 0 Å². The Labute approximate surface area is 109 Å². The zero-order valence-electron chi connectivity index (χ0n) is 8.65. The number of rotatable bonds is 3. The highest BCUT2D eigenvalue weighted by molar-refractivity contribution is 8.65. The molecule has 0 fully saturated rings. The molecule has 0 aliphatic heterocycles. The van der Waals surface area contributed by atoms with Crippen molar-refractivity contribution in [1.29, 1.82) is 5.26 Å². The van der Waals surface area contributed by atoms with Crippen LogP contribution in [0, 0.1) is 11.3 Å². The molecule has 1 N–H and O–H groups in total. The summed E-state index contributed by atoms with van der Waals surface area (Å²) >= 11 is 5.85. The Hall–Kier alpha value is -0.0800. The average Bonchev–Trinajstić information content (AvgIpc) is 2.56. The summed E-state index contributed by atoms with van der Waals surface area (Å²) in [5, 5.41) is 9.13. The zero-order valence-corrected chi connectivity index (χ0v) is 11.7. The first-order valence-corrected chi connectivity index (χ1v) is 8.26. The predicted molar refractivity (Wildman–Crippen MR) is 68.1 cm³/mol. The van der Waals surface area contributed by atoms with Crippen LogP contribution in [0.1, 0.15) is 31.0 Å². The van der Waals surface area contributed by atoms with Gasteiger partial charge >= 0.3 is 0 Å². The van der Waals surface area contributed by atoms with Crippen LogP contribution in [0.25, 0.3) is 0 Å². The third-order valence-electron chi connectivity index (χ3n) is 2.06. The van der Waals surface area contributed by atoms with Crippen LogP contribution in [-0.2, 0) is 0 Å². The fourth-order valence-corrected chi connectivity index (χ4v) is 3.76. The van der Waals surface area contributed by atoms with Crippen molar-refractivity contribution >= 4 is 41.4 Å². The van der Waals surface area contributed by atoms with Crippen molar-refractivity contribution in [1.82, 2.24) is 4.98 Å². The Morgan fingerprint density at radius 3 is 2.44 bits per heavy atom. The number of nitrogens with zero attached hydrogens (tertiary/aromatic N) is 1. The maximum Gasteiger partial charge on any atom is 0.148 e. The molecular weight excluding hydrogens is 294 g/mol. The summed E-state index contributed by atoms with van der Waals surface area (Å²) in [4.78, 5) is 3.15. The molecule has 0 spiro atoms. The third-order valence-corrected chi connectivity index (χ3v) is 5.06. The van der Waals surface area contributed by atoms with Crippen molar-refractivity contribution in [2.24, 2.45) is 0 Å². The normalized spacial score (nSPS) is 12.9. The fourth-order valence-electron chi connectivity index (χ4n) is 1.34. The molecule has 1 aromatic rings. The summed E-state index contributed by atoms with van der Waals surface area (Å²) in [6.45, 7) is 3.77. The topological polar surface area (TPSA) is 39.6 Å². The van der Waals surface area contributed by atoms with E-state index in [4.69, 9.17) is 38.2 Å². The average molecular weight is 304 g/mol. The minimum Gasteiger partial charge on any atom is -0.347 e. The van der Waals surface area contributed by atoms with Gasteiger partial charge in [0, 0.05) is 5.69 Å². The highest BCUT2D eigenvalue weighted by Gasteiger charge is 2.32. The van der Waals surface area contributed by atoms with Crippen LogP contribution < -0.4 is 0 Å². The lowest BCUT2D eigenvalue weighted by Crippen LogP contribution is -1.96. The van der Waals surface area contributed by atoms with E-state index in [0.717, 1.165) is 0 Å². The highest BCUT2D eigenvalue weighted by Crippen LogP contribution is 2.68. The lowest BCUT2D eigenvalue weighted by atomic mass is 10.1. The number of alkyl halides is 1. The molecule has 0 bridgehead atoms. The van der Waals surface area contributed by atoms with E-state index in [2.05, 4.69) is 4.98 Å². The van der Waals surface area contributed by atoms with Crippen molar-refractivity contribution in [3.05, 3.63) is 16.4 Å². The Bertz CT molecular complexity index is 437. The SMILES string of the molecule is CC(C)c1[nH]c(Cl)c(C#N)c1S(Cl)(Cl)CF. The van der Waals surface area contributed by atoms with Gasteiger partial charge in [-0.2, -0.15) is 5.26 Å². The van der Waals surface area contributed by atoms with Crippen molar-refractivity contribution in [3.8, 4) is 6.07 Å². The third kappa shape index (κ3) is 2.43. The number of nitriles is 1. The number of aromatic nitrogens is 1. The molecule has 1 rings (SSSR count). The largest absolute Gasteiger partial charge is 0.347 e. The Morgan fingerprint density at radius 1 is 1.50 bits per heavy atom. The van der Waals surface area contributed by atoms with Crippen molar-refractivity contribution in [2.45, 2.75) is 24.7 Å². The van der Waals surface area contributed by atoms with Gasteiger partial charge in [0.25, 0.3) is 0 Å². The first-order chi connectivity index (χ1) is 7.35. The van der Waals surface area contributed by atoms with Gasteiger partial charge in [0.05, 0.1) is 4.90 Å². The summed E-state index contributed by atoms with van der Waals surface area (Å²) in [5.41, 5.74) is 0.766. The van der Waals surface area contributed by atoms with Crippen molar-refractivity contribution < 1.29 is 4.39 Å². The van der Waals surface area contributed by atoms with Crippen LogP contribution in [0.3, 0.4) is 0 Å². The van der Waals surface area contributed by atoms with Gasteiger partial charge in [-0.1, -0.05) is 25.4 Å². The molecule has 7 heteroatoms. The van der Waals surface area contributed by atoms with Gasteiger partial charge < -0.3 is 4.98 Å². The molecule has 0 saturated carbocycles. The van der Waals surface area contributed by atoms with Crippen molar-refractivity contribution in [3.63, 3.8) is 0 Å². The number of hydrogen-bond acceptors (Lipinski definition) is 1. The zero-order chi connectivity index (χ0) is 12.5. The van der Waals surface area contributed by atoms with Gasteiger partial charge in [0.1, 0.15) is 22.8 Å². The molecule has 2 nitrogen and oxygen atoms in total. The second kappa shape index (κ2) is 5.05. The summed E-state index contributed by atoms with van der Waals surface area (Å²) in [6.07, 6.45) is 0. The van der Waals surface area contributed by atoms with Crippen LogP contribution in [0.4, 0.5) is 4.39 Å². The molecule has 0 aromatic carbocycles. The number of H-pyrrole nitrogens is 1. The summed E-state index contributed by atoms with van der Waals surface area (Å²) < 4.78 is 12.8. The van der Waals surface area contributed by atoms with Gasteiger partial charge in [-0.3, -0.25) is 0 Å². The minimum absolute atomic E-state index is 0.0329. The predicted octanol–water partition coefficient (Wildman–Crippen LogP) is 5.06. The van der Waals surface area contributed by atoms with Crippen LogP contribution in [0.2, 0.25) is 5.15 Å². The van der Waals surface area contributed by atoms with Crippen molar-refractivity contribution in [2.75, 3.05) is 6.01 Å². The smallest absolute Gasteiger partial charge is 0.148 e. The van der Waals surface area contributed by atoms with E-state index < -0.39 is 14.5 Å². The fraction of sp³-hybridized carbons (Fsp3) is 0.444. The van der Waals surface area contributed by atoms with Crippen LogP contribution in [-0.4, -0.2) is 11.0 Å². The van der Waals surface area contributed by atoms with Gasteiger partial charge in [0.2, 0.25) is 0 Å². The Kier molecular flexibility index (Phi) is 4.42. The van der Waals surface area contributed by atoms with E-state index in [0.29, 0.717) is 10.6 Å². The molecule has 0 radical (unpaired) electrons. The Balaban J connectivity index is 3.51.